The molecule has 0 saturated carbocycles. The number of nitrogens with one attached hydrogen (secondary N) is 1. The molecule has 0 fully saturated rings. The van der Waals surface area contributed by atoms with Crippen LogP contribution >= 0.6 is 46.1 Å². The Morgan fingerprint density at radius 1 is 1.17 bits per heavy atom. The van der Waals surface area contributed by atoms with Crippen molar-refractivity contribution in [2.45, 2.75) is 0 Å². The first-order valence-corrected chi connectivity index (χ1v) is 8.33. The van der Waals surface area contributed by atoms with E-state index in [-0.39, 0.29) is 10.9 Å². The van der Waals surface area contributed by atoms with Gasteiger partial charge in [-0.25, -0.2) is 4.98 Å². The standard InChI is InChI=1S/C15H9Cl3N2O2S/c1-22-12-6-13-11(5-10(12)18)19-15(23-13)20-14(21)8-3-2-7(16)4-9(8)17/h2-6H,1H3,(H,19,20,21). The fourth-order valence-electron chi connectivity index (χ4n) is 1.98. The number of ether oxygens (including phenoxy) is 1. The number of amides is 1. The van der Waals surface area contributed by atoms with Gasteiger partial charge in [0.25, 0.3) is 5.91 Å². The summed E-state index contributed by atoms with van der Waals surface area (Å²) < 4.78 is 6.02. The number of methoxy groups -OCH3 is 1. The third-order valence-corrected chi connectivity index (χ3v) is 4.84. The Balaban J connectivity index is 1.90. The lowest BCUT2D eigenvalue weighted by Crippen LogP contribution is -2.12. The van der Waals surface area contributed by atoms with Gasteiger partial charge >= 0.3 is 0 Å². The first-order valence-electron chi connectivity index (χ1n) is 6.38. The van der Waals surface area contributed by atoms with Crippen molar-refractivity contribution < 1.29 is 9.53 Å². The maximum Gasteiger partial charge on any atom is 0.258 e. The summed E-state index contributed by atoms with van der Waals surface area (Å²) in [4.78, 5) is 16.6. The fraction of sp³-hybridized carbons (Fsp3) is 0.0667. The van der Waals surface area contributed by atoms with Gasteiger partial charge in [0.05, 0.1) is 32.9 Å². The summed E-state index contributed by atoms with van der Waals surface area (Å²) in [5.74, 6) is 0.199. The zero-order valence-corrected chi connectivity index (χ0v) is 14.8. The maximum atomic E-state index is 12.3. The number of fused-ring (bicyclic) bond motifs is 1. The molecule has 8 heteroatoms. The van der Waals surface area contributed by atoms with Gasteiger partial charge in [-0.3, -0.25) is 10.1 Å². The molecule has 118 valence electrons. The van der Waals surface area contributed by atoms with Crippen molar-refractivity contribution in [3.05, 3.63) is 51.0 Å². The van der Waals surface area contributed by atoms with Crippen LogP contribution in [-0.2, 0) is 0 Å². The Bertz CT molecular complexity index is 911. The second-order valence-electron chi connectivity index (χ2n) is 4.55. The third-order valence-electron chi connectivity index (χ3n) is 3.06. The highest BCUT2D eigenvalue weighted by Gasteiger charge is 2.14. The Hall–Kier alpha value is -1.53. The van der Waals surface area contributed by atoms with Crippen molar-refractivity contribution in [1.82, 2.24) is 4.98 Å². The number of thiazole rings is 1. The molecule has 0 radical (unpaired) electrons. The molecular formula is C15H9Cl3N2O2S. The number of hydrogen-bond donors (Lipinski definition) is 1. The maximum absolute atomic E-state index is 12.3. The minimum absolute atomic E-state index is 0.279. The lowest BCUT2D eigenvalue weighted by molar-refractivity contribution is 0.102. The molecule has 1 N–H and O–H groups in total. The molecule has 3 aromatic rings. The number of anilines is 1. The number of rotatable bonds is 3. The van der Waals surface area contributed by atoms with E-state index in [9.17, 15) is 4.79 Å². The zero-order chi connectivity index (χ0) is 16.6. The van der Waals surface area contributed by atoms with Crippen LogP contribution in [0.15, 0.2) is 30.3 Å². The van der Waals surface area contributed by atoms with Crippen molar-refractivity contribution >= 4 is 67.4 Å². The van der Waals surface area contributed by atoms with E-state index in [1.165, 1.54) is 17.4 Å². The molecule has 0 aliphatic heterocycles. The van der Waals surface area contributed by atoms with Gasteiger partial charge in [0.2, 0.25) is 0 Å². The van der Waals surface area contributed by atoms with Crippen LogP contribution in [0.1, 0.15) is 10.4 Å². The summed E-state index contributed by atoms with van der Waals surface area (Å²) >= 11 is 19.3. The van der Waals surface area contributed by atoms with Gasteiger partial charge in [-0.2, -0.15) is 0 Å². The molecule has 0 bridgehead atoms. The molecule has 3 rings (SSSR count). The first kappa shape index (κ1) is 16.3. The van der Waals surface area contributed by atoms with E-state index in [0.29, 0.717) is 32.0 Å². The van der Waals surface area contributed by atoms with Crippen LogP contribution < -0.4 is 10.1 Å². The highest BCUT2D eigenvalue weighted by molar-refractivity contribution is 7.22. The van der Waals surface area contributed by atoms with Crippen LogP contribution in [-0.4, -0.2) is 18.0 Å². The smallest absolute Gasteiger partial charge is 0.258 e. The van der Waals surface area contributed by atoms with Crippen LogP contribution in [0.5, 0.6) is 5.75 Å². The van der Waals surface area contributed by atoms with Crippen LogP contribution in [0.3, 0.4) is 0 Å². The number of carbonyl (C=O) groups excluding carboxylic acids is 1. The molecule has 0 unspecified atom stereocenters. The van der Waals surface area contributed by atoms with Gasteiger partial charge < -0.3 is 4.74 Å². The third kappa shape index (κ3) is 3.38. The van der Waals surface area contributed by atoms with E-state index in [1.807, 2.05) is 0 Å². The molecule has 4 nitrogen and oxygen atoms in total. The first-order chi connectivity index (χ1) is 11.0. The largest absolute Gasteiger partial charge is 0.495 e. The Labute approximate surface area is 150 Å². The Morgan fingerprint density at radius 3 is 2.65 bits per heavy atom. The van der Waals surface area contributed by atoms with E-state index in [4.69, 9.17) is 39.5 Å². The van der Waals surface area contributed by atoms with Gasteiger partial charge in [0, 0.05) is 11.1 Å². The SMILES string of the molecule is COc1cc2sc(NC(=O)c3ccc(Cl)cc3Cl)nc2cc1Cl. The van der Waals surface area contributed by atoms with Crippen molar-refractivity contribution in [3.8, 4) is 5.75 Å². The number of nitrogens with zero attached hydrogens (tertiary/aromatic N) is 1. The molecule has 0 aliphatic carbocycles. The normalized spacial score (nSPS) is 10.8. The summed E-state index contributed by atoms with van der Waals surface area (Å²) in [6.45, 7) is 0. The van der Waals surface area contributed by atoms with Crippen LogP contribution in [0.2, 0.25) is 15.1 Å². The summed E-state index contributed by atoms with van der Waals surface area (Å²) in [6.07, 6.45) is 0. The van der Waals surface area contributed by atoms with Gasteiger partial charge in [-0.15, -0.1) is 0 Å². The highest BCUT2D eigenvalue weighted by Crippen LogP contribution is 2.34. The number of benzene rings is 2. The molecule has 0 aliphatic rings. The van der Waals surface area contributed by atoms with Crippen molar-refractivity contribution in [2.24, 2.45) is 0 Å². The lowest BCUT2D eigenvalue weighted by atomic mass is 10.2. The quantitative estimate of drug-likeness (QED) is 0.644. The molecule has 0 atom stereocenters. The zero-order valence-electron chi connectivity index (χ0n) is 11.7. The van der Waals surface area contributed by atoms with Crippen molar-refractivity contribution in [3.63, 3.8) is 0 Å². The van der Waals surface area contributed by atoms with E-state index in [1.54, 1.807) is 31.4 Å². The van der Waals surface area contributed by atoms with Crippen LogP contribution in [0.4, 0.5) is 5.13 Å². The van der Waals surface area contributed by atoms with Crippen molar-refractivity contribution in [2.75, 3.05) is 12.4 Å². The minimum atomic E-state index is -0.358. The van der Waals surface area contributed by atoms with E-state index < -0.39 is 0 Å². The topological polar surface area (TPSA) is 51.2 Å². The number of aromatic nitrogens is 1. The number of carbonyl (C=O) groups is 1. The molecule has 1 amide bonds. The predicted octanol–water partition coefficient (Wildman–Crippen LogP) is 5.52. The van der Waals surface area contributed by atoms with Crippen LogP contribution in [0.25, 0.3) is 10.2 Å². The van der Waals surface area contributed by atoms with Gasteiger partial charge in [-0.1, -0.05) is 46.1 Å². The summed E-state index contributed by atoms with van der Waals surface area (Å²) in [6, 6.07) is 8.15. The lowest BCUT2D eigenvalue weighted by Gasteiger charge is -2.04. The number of hydrogen-bond acceptors (Lipinski definition) is 4. The minimum Gasteiger partial charge on any atom is -0.495 e. The highest BCUT2D eigenvalue weighted by atomic mass is 35.5. The molecule has 2 aromatic carbocycles. The summed E-state index contributed by atoms with van der Waals surface area (Å²) in [5, 5.41) is 4.37. The van der Waals surface area contributed by atoms with E-state index in [0.717, 1.165) is 4.70 Å². The molecule has 1 aromatic heterocycles. The van der Waals surface area contributed by atoms with Crippen LogP contribution in [0, 0.1) is 0 Å². The van der Waals surface area contributed by atoms with Gasteiger partial charge in [0.15, 0.2) is 5.13 Å². The van der Waals surface area contributed by atoms with Gasteiger partial charge in [0.1, 0.15) is 5.75 Å². The Morgan fingerprint density at radius 2 is 1.96 bits per heavy atom. The monoisotopic (exact) mass is 386 g/mol. The number of halogens is 3. The average Bonchev–Trinajstić information content (AvgIpc) is 2.86. The fourth-order valence-corrected chi connectivity index (χ4v) is 3.58. The second-order valence-corrected chi connectivity index (χ2v) is 6.83. The molecule has 23 heavy (non-hydrogen) atoms. The second kappa shape index (κ2) is 6.53. The molecular weight excluding hydrogens is 379 g/mol. The predicted molar refractivity (Wildman–Crippen MR) is 95.6 cm³/mol. The molecule has 1 heterocycles. The summed E-state index contributed by atoms with van der Waals surface area (Å²) in [5.41, 5.74) is 1.00. The molecule has 0 spiro atoms. The van der Waals surface area contributed by atoms with E-state index >= 15 is 0 Å². The Kier molecular flexibility index (Phi) is 4.64. The van der Waals surface area contributed by atoms with Crippen molar-refractivity contribution in [1.29, 1.82) is 0 Å². The molecule has 0 saturated heterocycles. The summed E-state index contributed by atoms with van der Waals surface area (Å²) in [7, 11) is 1.54. The van der Waals surface area contributed by atoms with Gasteiger partial charge in [-0.05, 0) is 24.3 Å². The average molecular weight is 388 g/mol. The van der Waals surface area contributed by atoms with E-state index in [2.05, 4.69) is 10.3 Å².